The zero-order chi connectivity index (χ0) is 16.5. The molecule has 0 saturated carbocycles. The minimum Gasteiger partial charge on any atom is -0.355 e. The summed E-state index contributed by atoms with van der Waals surface area (Å²) in [6.07, 6.45) is 3.03. The Balaban J connectivity index is 0.00000182. The van der Waals surface area contributed by atoms with E-state index in [9.17, 15) is 4.79 Å². The Kier molecular flexibility index (Phi) is 5.45. The summed E-state index contributed by atoms with van der Waals surface area (Å²) in [7, 11) is 0. The normalized spacial score (nSPS) is 19.9. The molecular weight excluding hydrogens is 332 g/mol. The molecule has 2 aromatic carbocycles. The molecule has 4 rings (SSSR count). The van der Waals surface area contributed by atoms with Gasteiger partial charge in [-0.1, -0.05) is 37.3 Å². The minimum absolute atomic E-state index is 0. The monoisotopic (exact) mass is 356 g/mol. The number of benzene rings is 2. The molecule has 1 fully saturated rings. The SMILES string of the molecule is CCN1CCC(c2ccc3c(c2)Nc2ccccc2CC3)C(=O)C1.Cl. The summed E-state index contributed by atoms with van der Waals surface area (Å²) < 4.78 is 0. The van der Waals surface area contributed by atoms with Gasteiger partial charge in [0.05, 0.1) is 6.54 Å². The highest BCUT2D eigenvalue weighted by Crippen LogP contribution is 2.34. The molecule has 0 aliphatic carbocycles. The van der Waals surface area contributed by atoms with Crippen LogP contribution in [-0.4, -0.2) is 30.3 Å². The lowest BCUT2D eigenvalue weighted by Crippen LogP contribution is -2.39. The molecular formula is C21H25ClN2O. The molecule has 4 heteroatoms. The second-order valence-electron chi connectivity index (χ2n) is 6.88. The predicted molar refractivity (Wildman–Crippen MR) is 105 cm³/mol. The first-order valence-corrected chi connectivity index (χ1v) is 8.97. The maximum Gasteiger partial charge on any atom is 0.154 e. The number of likely N-dealkylation sites (N-methyl/N-ethyl adjacent to an activating group) is 1. The zero-order valence-corrected chi connectivity index (χ0v) is 15.4. The number of para-hydroxylation sites is 1. The van der Waals surface area contributed by atoms with Crippen LogP contribution in [0.1, 0.15) is 36.0 Å². The molecule has 1 unspecified atom stereocenters. The molecule has 2 aromatic rings. The van der Waals surface area contributed by atoms with E-state index in [-0.39, 0.29) is 18.3 Å². The van der Waals surface area contributed by atoms with Gasteiger partial charge in [0, 0.05) is 17.3 Å². The Labute approximate surface area is 155 Å². The lowest BCUT2D eigenvalue weighted by Gasteiger charge is -2.30. The first-order chi connectivity index (χ1) is 11.7. The maximum atomic E-state index is 12.5. The molecule has 132 valence electrons. The smallest absolute Gasteiger partial charge is 0.154 e. The van der Waals surface area contributed by atoms with Gasteiger partial charge in [0.1, 0.15) is 0 Å². The van der Waals surface area contributed by atoms with Crippen molar-refractivity contribution in [2.45, 2.75) is 32.1 Å². The summed E-state index contributed by atoms with van der Waals surface area (Å²) in [5, 5.41) is 3.60. The van der Waals surface area contributed by atoms with Crippen LogP contribution in [0, 0.1) is 0 Å². The third kappa shape index (κ3) is 3.58. The number of halogens is 1. The van der Waals surface area contributed by atoms with Crippen LogP contribution >= 0.6 is 12.4 Å². The number of carbonyl (C=O) groups excluding carboxylic acids is 1. The average Bonchev–Trinajstić information content (AvgIpc) is 2.80. The van der Waals surface area contributed by atoms with E-state index in [1.54, 1.807) is 0 Å². The van der Waals surface area contributed by atoms with Gasteiger partial charge in [-0.05, 0) is 61.2 Å². The van der Waals surface area contributed by atoms with E-state index in [2.05, 4.69) is 59.6 Å². The van der Waals surface area contributed by atoms with Crippen molar-refractivity contribution in [1.82, 2.24) is 4.90 Å². The van der Waals surface area contributed by atoms with Crippen LogP contribution in [0.2, 0.25) is 0 Å². The first kappa shape index (κ1) is 18.0. The summed E-state index contributed by atoms with van der Waals surface area (Å²) in [4.78, 5) is 14.8. The summed E-state index contributed by atoms with van der Waals surface area (Å²) in [5.41, 5.74) is 6.24. The molecule has 3 nitrogen and oxygen atoms in total. The van der Waals surface area contributed by atoms with Gasteiger partial charge in [0.15, 0.2) is 5.78 Å². The van der Waals surface area contributed by atoms with E-state index in [1.807, 2.05) is 0 Å². The Morgan fingerprint density at radius 3 is 2.60 bits per heavy atom. The molecule has 0 radical (unpaired) electrons. The topological polar surface area (TPSA) is 32.3 Å². The molecule has 1 N–H and O–H groups in total. The number of carbonyl (C=O) groups is 1. The van der Waals surface area contributed by atoms with Gasteiger partial charge in [-0.2, -0.15) is 0 Å². The number of nitrogens with zero attached hydrogens (tertiary/aromatic N) is 1. The summed E-state index contributed by atoms with van der Waals surface area (Å²) >= 11 is 0. The molecule has 0 amide bonds. The Bertz CT molecular complexity index is 774. The van der Waals surface area contributed by atoms with Gasteiger partial charge in [0.25, 0.3) is 0 Å². The molecule has 0 spiro atoms. The first-order valence-electron chi connectivity index (χ1n) is 8.97. The number of hydrogen-bond donors (Lipinski definition) is 1. The van der Waals surface area contributed by atoms with Crippen molar-refractivity contribution < 1.29 is 4.79 Å². The van der Waals surface area contributed by atoms with Crippen LogP contribution in [0.25, 0.3) is 0 Å². The fourth-order valence-corrected chi connectivity index (χ4v) is 3.92. The highest BCUT2D eigenvalue weighted by atomic mass is 35.5. The predicted octanol–water partition coefficient (Wildman–Crippen LogP) is 4.33. The highest BCUT2D eigenvalue weighted by Gasteiger charge is 2.28. The van der Waals surface area contributed by atoms with Crippen molar-refractivity contribution in [2.24, 2.45) is 0 Å². The third-order valence-corrected chi connectivity index (χ3v) is 5.44. The van der Waals surface area contributed by atoms with E-state index >= 15 is 0 Å². The number of ketones is 1. The number of hydrogen-bond acceptors (Lipinski definition) is 3. The van der Waals surface area contributed by atoms with Crippen molar-refractivity contribution in [1.29, 1.82) is 0 Å². The van der Waals surface area contributed by atoms with Crippen LogP contribution in [0.3, 0.4) is 0 Å². The fourth-order valence-electron chi connectivity index (χ4n) is 3.92. The zero-order valence-electron chi connectivity index (χ0n) is 14.6. The lowest BCUT2D eigenvalue weighted by atomic mass is 9.87. The standard InChI is InChI=1S/C21H24N2O.ClH/c1-2-23-12-11-18(21(24)14-23)17-10-9-16-8-7-15-5-3-4-6-19(15)22-20(16)13-17;/h3-6,9-10,13,18,22H,2,7-8,11-12,14H2,1H3;1H. The number of Topliss-reactive ketones (excluding diaryl/α,β-unsaturated/α-hetero) is 1. The number of piperidine rings is 1. The number of fused-ring (bicyclic) bond motifs is 2. The number of aryl methyl sites for hydroxylation is 2. The molecule has 2 heterocycles. The fraction of sp³-hybridized carbons (Fsp3) is 0.381. The number of rotatable bonds is 2. The van der Waals surface area contributed by atoms with Crippen molar-refractivity contribution in [3.63, 3.8) is 0 Å². The molecule has 0 bridgehead atoms. The molecule has 0 aromatic heterocycles. The molecule has 2 aliphatic heterocycles. The quantitative estimate of drug-likeness (QED) is 0.869. The van der Waals surface area contributed by atoms with Gasteiger partial charge < -0.3 is 5.32 Å². The summed E-state index contributed by atoms with van der Waals surface area (Å²) in [5.74, 6) is 0.412. The lowest BCUT2D eigenvalue weighted by molar-refractivity contribution is -0.123. The molecule has 1 atom stereocenters. The molecule has 25 heavy (non-hydrogen) atoms. The van der Waals surface area contributed by atoms with Crippen molar-refractivity contribution in [2.75, 3.05) is 25.0 Å². The summed E-state index contributed by atoms with van der Waals surface area (Å²) in [6.45, 7) is 4.69. The largest absolute Gasteiger partial charge is 0.355 e. The summed E-state index contributed by atoms with van der Waals surface area (Å²) in [6, 6.07) is 15.1. The van der Waals surface area contributed by atoms with Gasteiger partial charge in [0.2, 0.25) is 0 Å². The number of anilines is 2. The van der Waals surface area contributed by atoms with E-state index in [1.165, 1.54) is 28.1 Å². The van der Waals surface area contributed by atoms with Crippen LogP contribution in [0.15, 0.2) is 42.5 Å². The second kappa shape index (κ2) is 7.59. The average molecular weight is 357 g/mol. The molecule has 2 aliphatic rings. The third-order valence-electron chi connectivity index (χ3n) is 5.44. The van der Waals surface area contributed by atoms with Gasteiger partial charge >= 0.3 is 0 Å². The van der Waals surface area contributed by atoms with E-state index in [0.29, 0.717) is 12.3 Å². The Morgan fingerprint density at radius 2 is 1.84 bits per heavy atom. The maximum absolute atomic E-state index is 12.5. The van der Waals surface area contributed by atoms with E-state index in [4.69, 9.17) is 0 Å². The number of likely N-dealkylation sites (tertiary alicyclic amines) is 1. The van der Waals surface area contributed by atoms with Gasteiger partial charge in [-0.15, -0.1) is 12.4 Å². The van der Waals surface area contributed by atoms with Crippen molar-refractivity contribution in [3.8, 4) is 0 Å². The van der Waals surface area contributed by atoms with Crippen LogP contribution < -0.4 is 5.32 Å². The van der Waals surface area contributed by atoms with Crippen molar-refractivity contribution in [3.05, 3.63) is 59.2 Å². The van der Waals surface area contributed by atoms with E-state index < -0.39 is 0 Å². The number of nitrogens with one attached hydrogen (secondary N) is 1. The Morgan fingerprint density at radius 1 is 1.08 bits per heavy atom. The minimum atomic E-state index is 0. The van der Waals surface area contributed by atoms with E-state index in [0.717, 1.165) is 32.4 Å². The van der Waals surface area contributed by atoms with Crippen LogP contribution in [-0.2, 0) is 17.6 Å². The van der Waals surface area contributed by atoms with Crippen molar-refractivity contribution >= 4 is 29.6 Å². The highest BCUT2D eigenvalue weighted by molar-refractivity contribution is 5.88. The van der Waals surface area contributed by atoms with Gasteiger partial charge in [-0.25, -0.2) is 0 Å². The molecule has 1 saturated heterocycles. The van der Waals surface area contributed by atoms with Gasteiger partial charge in [-0.3, -0.25) is 9.69 Å². The van der Waals surface area contributed by atoms with Crippen LogP contribution in [0.5, 0.6) is 0 Å². The Hall–Kier alpha value is -1.84. The second-order valence-corrected chi connectivity index (χ2v) is 6.88. The van der Waals surface area contributed by atoms with Crippen LogP contribution in [0.4, 0.5) is 11.4 Å².